The van der Waals surface area contributed by atoms with Crippen LogP contribution in [0.15, 0.2) is 18.3 Å². The first-order chi connectivity index (χ1) is 10.3. The molecule has 0 unspecified atom stereocenters. The van der Waals surface area contributed by atoms with Crippen molar-refractivity contribution in [2.45, 2.75) is 38.9 Å². The normalized spacial score (nSPS) is 23.2. The van der Waals surface area contributed by atoms with Gasteiger partial charge in [0.1, 0.15) is 0 Å². The lowest BCUT2D eigenvalue weighted by atomic mass is 9.84. The largest absolute Gasteiger partial charge is 0.514 e. The van der Waals surface area contributed by atoms with Crippen LogP contribution in [0.1, 0.15) is 27.7 Å². The van der Waals surface area contributed by atoms with Crippen LogP contribution in [-0.4, -0.2) is 40.7 Å². The van der Waals surface area contributed by atoms with Crippen LogP contribution in [0, 0.1) is 5.92 Å². The number of nitrogens with one attached hydrogen (secondary N) is 1. The SMILES string of the molecule is CC1(C)OB(c2cc(NC(=O)C3CSC3)ccn2)OC1(C)C. The zero-order valence-electron chi connectivity index (χ0n) is 13.4. The lowest BCUT2D eigenvalue weighted by molar-refractivity contribution is -0.118. The van der Waals surface area contributed by atoms with E-state index in [1.165, 1.54) is 0 Å². The van der Waals surface area contributed by atoms with E-state index in [0.717, 1.165) is 17.2 Å². The summed E-state index contributed by atoms with van der Waals surface area (Å²) in [7, 11) is -0.513. The van der Waals surface area contributed by atoms with Gasteiger partial charge in [-0.25, -0.2) is 0 Å². The second-order valence-electron chi connectivity index (χ2n) is 6.78. The van der Waals surface area contributed by atoms with Crippen molar-refractivity contribution in [3.05, 3.63) is 18.3 Å². The lowest BCUT2D eigenvalue weighted by Gasteiger charge is -2.32. The van der Waals surface area contributed by atoms with Crippen LogP contribution >= 0.6 is 11.8 Å². The van der Waals surface area contributed by atoms with Crippen LogP contribution in [0.3, 0.4) is 0 Å². The summed E-state index contributed by atoms with van der Waals surface area (Å²) in [6, 6.07) is 3.62. The smallest absolute Gasteiger partial charge is 0.398 e. The fraction of sp³-hybridized carbons (Fsp3) is 0.600. The molecule has 0 radical (unpaired) electrons. The third kappa shape index (κ3) is 2.89. The monoisotopic (exact) mass is 320 g/mol. The van der Waals surface area contributed by atoms with E-state index < -0.39 is 18.3 Å². The summed E-state index contributed by atoms with van der Waals surface area (Å²) in [5.41, 5.74) is 0.616. The molecule has 0 aliphatic carbocycles. The van der Waals surface area contributed by atoms with Gasteiger partial charge in [0.05, 0.1) is 22.7 Å². The molecule has 0 aromatic carbocycles. The Labute approximate surface area is 135 Å². The highest BCUT2D eigenvalue weighted by Crippen LogP contribution is 2.36. The first-order valence-electron chi connectivity index (χ1n) is 7.49. The maximum absolute atomic E-state index is 12.0. The predicted octanol–water partition coefficient (Wildman–Crippen LogP) is 1.68. The van der Waals surface area contributed by atoms with Crippen molar-refractivity contribution in [3.63, 3.8) is 0 Å². The molecule has 0 saturated carbocycles. The number of hydrogen-bond donors (Lipinski definition) is 1. The molecule has 0 spiro atoms. The van der Waals surface area contributed by atoms with Crippen molar-refractivity contribution < 1.29 is 14.1 Å². The highest BCUT2D eigenvalue weighted by atomic mass is 32.2. The molecule has 2 saturated heterocycles. The van der Waals surface area contributed by atoms with Gasteiger partial charge in [-0.05, 0) is 39.8 Å². The molecule has 2 aliphatic heterocycles. The number of anilines is 1. The highest BCUT2D eigenvalue weighted by Gasteiger charge is 2.52. The van der Waals surface area contributed by atoms with Crippen molar-refractivity contribution in [2.24, 2.45) is 5.92 Å². The number of rotatable bonds is 3. The van der Waals surface area contributed by atoms with E-state index in [2.05, 4.69) is 10.3 Å². The van der Waals surface area contributed by atoms with E-state index in [-0.39, 0.29) is 11.8 Å². The van der Waals surface area contributed by atoms with E-state index in [9.17, 15) is 4.79 Å². The van der Waals surface area contributed by atoms with Crippen LogP contribution in [0.25, 0.3) is 0 Å². The maximum Gasteiger partial charge on any atom is 0.514 e. The van der Waals surface area contributed by atoms with Gasteiger partial charge < -0.3 is 14.6 Å². The molecule has 3 rings (SSSR count). The molecule has 2 aliphatic rings. The van der Waals surface area contributed by atoms with Gasteiger partial charge in [-0.15, -0.1) is 0 Å². The summed E-state index contributed by atoms with van der Waals surface area (Å²) in [5, 5.41) is 2.95. The average Bonchev–Trinajstić information content (AvgIpc) is 2.56. The topological polar surface area (TPSA) is 60.5 Å². The van der Waals surface area contributed by atoms with Gasteiger partial charge in [0.2, 0.25) is 5.91 Å². The van der Waals surface area contributed by atoms with Gasteiger partial charge in [-0.1, -0.05) is 0 Å². The Hall–Kier alpha value is -1.05. The van der Waals surface area contributed by atoms with E-state index in [4.69, 9.17) is 9.31 Å². The molecule has 1 N–H and O–H groups in total. The number of carbonyl (C=O) groups excluding carboxylic acids is 1. The number of carbonyl (C=O) groups is 1. The standard InChI is InChI=1S/C15H21BN2O3S/c1-14(2)15(3,4)21-16(20-14)12-7-11(5-6-17-12)18-13(19)10-8-22-9-10/h5-7,10H,8-9H2,1-4H3,(H,17,18,19). The van der Waals surface area contributed by atoms with E-state index >= 15 is 0 Å². The van der Waals surface area contributed by atoms with Crippen LogP contribution in [0.5, 0.6) is 0 Å². The Morgan fingerprint density at radius 2 is 1.95 bits per heavy atom. The summed E-state index contributed by atoms with van der Waals surface area (Å²) in [6.07, 6.45) is 1.67. The Balaban J connectivity index is 1.73. The van der Waals surface area contributed by atoms with Crippen LogP contribution < -0.4 is 10.9 Å². The van der Waals surface area contributed by atoms with Gasteiger partial charge in [0.25, 0.3) is 0 Å². The highest BCUT2D eigenvalue weighted by molar-refractivity contribution is 8.00. The van der Waals surface area contributed by atoms with Crippen molar-refractivity contribution >= 4 is 36.1 Å². The minimum atomic E-state index is -0.513. The number of thioether (sulfide) groups is 1. The minimum Gasteiger partial charge on any atom is -0.398 e. The number of nitrogens with zero attached hydrogens (tertiary/aromatic N) is 1. The molecule has 0 atom stereocenters. The Bertz CT molecular complexity index is 574. The Morgan fingerprint density at radius 1 is 1.32 bits per heavy atom. The number of aromatic nitrogens is 1. The van der Waals surface area contributed by atoms with Gasteiger partial charge in [-0.2, -0.15) is 11.8 Å². The molecule has 118 valence electrons. The molecule has 2 fully saturated rings. The summed E-state index contributed by atoms with van der Waals surface area (Å²) < 4.78 is 12.0. The molecule has 1 aromatic heterocycles. The molecule has 22 heavy (non-hydrogen) atoms. The molecule has 7 heteroatoms. The van der Waals surface area contributed by atoms with Gasteiger partial charge in [-0.3, -0.25) is 9.78 Å². The molecular formula is C15H21BN2O3S. The summed E-state index contributed by atoms with van der Waals surface area (Å²) in [4.78, 5) is 16.4. The van der Waals surface area contributed by atoms with Crippen molar-refractivity contribution in [1.29, 1.82) is 0 Å². The average molecular weight is 320 g/mol. The molecule has 1 aromatic rings. The minimum absolute atomic E-state index is 0.0739. The third-order valence-corrected chi connectivity index (χ3v) is 5.83. The fourth-order valence-corrected chi connectivity index (χ4v) is 3.02. The van der Waals surface area contributed by atoms with Crippen LogP contribution in [0.2, 0.25) is 0 Å². The lowest BCUT2D eigenvalue weighted by Crippen LogP contribution is -2.41. The van der Waals surface area contributed by atoms with E-state index in [0.29, 0.717) is 5.59 Å². The molecular weight excluding hydrogens is 299 g/mol. The molecule has 1 amide bonds. The second-order valence-corrected chi connectivity index (χ2v) is 7.86. The van der Waals surface area contributed by atoms with Crippen LogP contribution in [-0.2, 0) is 14.1 Å². The van der Waals surface area contributed by atoms with E-state index in [1.54, 1.807) is 24.0 Å². The second kappa shape index (κ2) is 5.55. The van der Waals surface area contributed by atoms with Crippen molar-refractivity contribution in [3.8, 4) is 0 Å². The van der Waals surface area contributed by atoms with Crippen LogP contribution in [0.4, 0.5) is 5.69 Å². The summed E-state index contributed by atoms with van der Waals surface area (Å²) in [6.45, 7) is 8.03. The Morgan fingerprint density at radius 3 is 2.50 bits per heavy atom. The molecule has 0 bridgehead atoms. The maximum atomic E-state index is 12.0. The third-order valence-electron chi connectivity index (χ3n) is 4.55. The summed E-state index contributed by atoms with van der Waals surface area (Å²) >= 11 is 1.79. The quantitative estimate of drug-likeness (QED) is 0.859. The number of pyridine rings is 1. The summed E-state index contributed by atoms with van der Waals surface area (Å²) in [5.74, 6) is 2.01. The molecule has 3 heterocycles. The molecule has 5 nitrogen and oxygen atoms in total. The Kier molecular flexibility index (Phi) is 3.99. The van der Waals surface area contributed by atoms with Gasteiger partial charge in [0, 0.05) is 23.4 Å². The fourth-order valence-electron chi connectivity index (χ4n) is 2.25. The first kappa shape index (κ1) is 15.8. The van der Waals surface area contributed by atoms with E-state index in [1.807, 2.05) is 33.8 Å². The first-order valence-corrected chi connectivity index (χ1v) is 8.64. The van der Waals surface area contributed by atoms with Crippen molar-refractivity contribution in [2.75, 3.05) is 16.8 Å². The zero-order valence-corrected chi connectivity index (χ0v) is 14.2. The number of amides is 1. The predicted molar refractivity (Wildman–Crippen MR) is 89.4 cm³/mol. The van der Waals surface area contributed by atoms with Crippen molar-refractivity contribution in [1.82, 2.24) is 4.98 Å². The number of hydrogen-bond acceptors (Lipinski definition) is 5. The van der Waals surface area contributed by atoms with Gasteiger partial charge >= 0.3 is 7.12 Å². The van der Waals surface area contributed by atoms with Gasteiger partial charge in [0.15, 0.2) is 0 Å². The zero-order chi connectivity index (χ0) is 16.0.